The minimum atomic E-state index is 0.451. The molecule has 0 radical (unpaired) electrons. The molecule has 3 rings (SSSR count). The van der Waals surface area contributed by atoms with Crippen LogP contribution in [0.4, 0.5) is 0 Å². The molecule has 2 aliphatic rings. The maximum Gasteiger partial charge on any atom is 0.0236 e. The quantitative estimate of drug-likeness (QED) is 0.843. The van der Waals surface area contributed by atoms with Crippen molar-refractivity contribution in [3.8, 4) is 0 Å². The van der Waals surface area contributed by atoms with Gasteiger partial charge in [0, 0.05) is 25.7 Å². The van der Waals surface area contributed by atoms with Crippen LogP contribution in [0.25, 0.3) is 0 Å². The van der Waals surface area contributed by atoms with Crippen LogP contribution in [0.5, 0.6) is 0 Å². The van der Waals surface area contributed by atoms with Crippen molar-refractivity contribution >= 4 is 0 Å². The van der Waals surface area contributed by atoms with Crippen LogP contribution < -0.4 is 5.73 Å². The molecule has 0 spiro atoms. The highest BCUT2D eigenvalue weighted by Gasteiger charge is 2.27. The molecule has 1 aliphatic heterocycles. The van der Waals surface area contributed by atoms with Gasteiger partial charge >= 0.3 is 0 Å². The average Bonchev–Trinajstić information content (AvgIpc) is 2.75. The van der Waals surface area contributed by atoms with Crippen LogP contribution in [0.1, 0.15) is 30.4 Å². The molecule has 1 saturated carbocycles. The predicted molar refractivity (Wildman–Crippen MR) is 70.7 cm³/mol. The fourth-order valence-corrected chi connectivity index (χ4v) is 3.33. The molecule has 1 aliphatic carbocycles. The fraction of sp³-hybridized carbons (Fsp3) is 0.600. The number of fused-ring (bicyclic) bond motifs is 1. The van der Waals surface area contributed by atoms with Crippen molar-refractivity contribution in [3.05, 3.63) is 35.4 Å². The molecule has 0 amide bonds. The third-order valence-corrected chi connectivity index (χ3v) is 4.42. The van der Waals surface area contributed by atoms with Gasteiger partial charge in [-0.05, 0) is 36.3 Å². The van der Waals surface area contributed by atoms with Crippen molar-refractivity contribution in [2.24, 2.45) is 11.7 Å². The summed E-state index contributed by atoms with van der Waals surface area (Å²) in [7, 11) is 0. The molecule has 2 heteroatoms. The largest absolute Gasteiger partial charge is 0.327 e. The first-order chi connectivity index (χ1) is 8.33. The standard InChI is InChI=1S/C15H22N2/c16-15-7-3-6-14(15)11-17-9-8-12-4-1-2-5-13(12)10-17/h1-2,4-5,14-15H,3,6-11,16H2. The second kappa shape index (κ2) is 4.79. The summed E-state index contributed by atoms with van der Waals surface area (Å²) in [5, 5.41) is 0. The summed E-state index contributed by atoms with van der Waals surface area (Å²) < 4.78 is 0. The lowest BCUT2D eigenvalue weighted by Crippen LogP contribution is -2.38. The summed E-state index contributed by atoms with van der Waals surface area (Å²) in [4.78, 5) is 2.60. The van der Waals surface area contributed by atoms with Crippen molar-refractivity contribution < 1.29 is 0 Å². The van der Waals surface area contributed by atoms with Gasteiger partial charge in [-0.3, -0.25) is 4.90 Å². The molecule has 2 atom stereocenters. The SMILES string of the molecule is NC1CCCC1CN1CCc2ccccc2C1. The second-order valence-electron chi connectivity index (χ2n) is 5.61. The monoisotopic (exact) mass is 230 g/mol. The lowest BCUT2D eigenvalue weighted by atomic mass is 9.97. The van der Waals surface area contributed by atoms with E-state index in [-0.39, 0.29) is 0 Å². The van der Waals surface area contributed by atoms with Gasteiger partial charge in [0.05, 0.1) is 0 Å². The van der Waals surface area contributed by atoms with Crippen molar-refractivity contribution in [1.82, 2.24) is 4.90 Å². The Kier molecular flexibility index (Phi) is 3.17. The van der Waals surface area contributed by atoms with Crippen LogP contribution in [0.15, 0.2) is 24.3 Å². The van der Waals surface area contributed by atoms with E-state index in [2.05, 4.69) is 29.2 Å². The van der Waals surface area contributed by atoms with Crippen LogP contribution in [-0.4, -0.2) is 24.0 Å². The first-order valence-corrected chi connectivity index (χ1v) is 6.87. The molecule has 17 heavy (non-hydrogen) atoms. The molecular weight excluding hydrogens is 208 g/mol. The van der Waals surface area contributed by atoms with Gasteiger partial charge in [-0.2, -0.15) is 0 Å². The highest BCUT2D eigenvalue weighted by Crippen LogP contribution is 2.27. The molecule has 2 N–H and O–H groups in total. The van der Waals surface area contributed by atoms with E-state index in [4.69, 9.17) is 5.73 Å². The van der Waals surface area contributed by atoms with E-state index in [1.807, 2.05) is 0 Å². The van der Waals surface area contributed by atoms with Gasteiger partial charge in [0.1, 0.15) is 0 Å². The summed E-state index contributed by atoms with van der Waals surface area (Å²) in [6.07, 6.45) is 5.10. The van der Waals surface area contributed by atoms with Crippen molar-refractivity contribution in [1.29, 1.82) is 0 Å². The second-order valence-corrected chi connectivity index (χ2v) is 5.61. The highest BCUT2D eigenvalue weighted by atomic mass is 15.1. The molecule has 0 saturated heterocycles. The van der Waals surface area contributed by atoms with Gasteiger partial charge in [-0.25, -0.2) is 0 Å². The van der Waals surface area contributed by atoms with Gasteiger partial charge in [0.15, 0.2) is 0 Å². The van der Waals surface area contributed by atoms with E-state index in [0.717, 1.165) is 12.5 Å². The van der Waals surface area contributed by atoms with Crippen LogP contribution in [0.2, 0.25) is 0 Å². The summed E-state index contributed by atoms with van der Waals surface area (Å²) in [6, 6.07) is 9.31. The molecule has 2 unspecified atom stereocenters. The number of hydrogen-bond donors (Lipinski definition) is 1. The van der Waals surface area contributed by atoms with Gasteiger partial charge in [0.2, 0.25) is 0 Å². The molecule has 1 heterocycles. The smallest absolute Gasteiger partial charge is 0.0236 e. The van der Waals surface area contributed by atoms with E-state index in [1.54, 1.807) is 5.56 Å². The third-order valence-electron chi connectivity index (χ3n) is 4.42. The van der Waals surface area contributed by atoms with Crippen molar-refractivity contribution in [3.63, 3.8) is 0 Å². The molecular formula is C15H22N2. The molecule has 92 valence electrons. The predicted octanol–water partition coefficient (Wildman–Crippen LogP) is 2.17. The van der Waals surface area contributed by atoms with Gasteiger partial charge < -0.3 is 5.73 Å². The van der Waals surface area contributed by atoms with Gasteiger partial charge in [-0.15, -0.1) is 0 Å². The summed E-state index contributed by atoms with van der Waals surface area (Å²) >= 11 is 0. The molecule has 2 nitrogen and oxygen atoms in total. The van der Waals surface area contributed by atoms with E-state index in [0.29, 0.717) is 6.04 Å². The zero-order chi connectivity index (χ0) is 11.7. The minimum Gasteiger partial charge on any atom is -0.327 e. The van der Waals surface area contributed by atoms with Crippen molar-refractivity contribution in [2.45, 2.75) is 38.3 Å². The number of hydrogen-bond acceptors (Lipinski definition) is 2. The van der Waals surface area contributed by atoms with Crippen LogP contribution in [0, 0.1) is 5.92 Å². The Balaban J connectivity index is 1.64. The number of nitrogens with two attached hydrogens (primary N) is 1. The van der Waals surface area contributed by atoms with Gasteiger partial charge in [0.25, 0.3) is 0 Å². The van der Waals surface area contributed by atoms with Crippen LogP contribution in [-0.2, 0) is 13.0 Å². The maximum absolute atomic E-state index is 6.16. The Morgan fingerprint density at radius 3 is 2.76 bits per heavy atom. The molecule has 1 aromatic carbocycles. The first-order valence-electron chi connectivity index (χ1n) is 6.87. The van der Waals surface area contributed by atoms with Gasteiger partial charge in [-0.1, -0.05) is 30.7 Å². The van der Waals surface area contributed by atoms with E-state index in [9.17, 15) is 0 Å². The molecule has 1 fully saturated rings. The lowest BCUT2D eigenvalue weighted by Gasteiger charge is -2.31. The average molecular weight is 230 g/mol. The Labute approximate surface area is 104 Å². The molecule has 0 bridgehead atoms. The Morgan fingerprint density at radius 1 is 1.18 bits per heavy atom. The normalized spacial score (nSPS) is 29.2. The number of nitrogens with zero attached hydrogens (tertiary/aromatic N) is 1. The summed E-state index contributed by atoms with van der Waals surface area (Å²) in [6.45, 7) is 3.54. The van der Waals surface area contributed by atoms with Crippen molar-refractivity contribution in [2.75, 3.05) is 13.1 Å². The topological polar surface area (TPSA) is 29.3 Å². The first kappa shape index (κ1) is 11.2. The number of rotatable bonds is 2. The summed E-state index contributed by atoms with van der Waals surface area (Å²) in [5.74, 6) is 0.736. The van der Waals surface area contributed by atoms with Crippen LogP contribution >= 0.6 is 0 Å². The highest BCUT2D eigenvalue weighted by molar-refractivity contribution is 5.29. The lowest BCUT2D eigenvalue weighted by molar-refractivity contribution is 0.207. The number of benzene rings is 1. The van der Waals surface area contributed by atoms with E-state index >= 15 is 0 Å². The fourth-order valence-electron chi connectivity index (χ4n) is 3.33. The van der Waals surface area contributed by atoms with Crippen LogP contribution in [0.3, 0.4) is 0 Å². The molecule has 1 aromatic rings. The molecule has 0 aromatic heterocycles. The zero-order valence-electron chi connectivity index (χ0n) is 10.4. The zero-order valence-corrected chi connectivity index (χ0v) is 10.4. The Hall–Kier alpha value is -0.860. The van der Waals surface area contributed by atoms with E-state index < -0.39 is 0 Å². The Bertz CT molecular complexity index is 388. The minimum absolute atomic E-state index is 0.451. The maximum atomic E-state index is 6.16. The van der Waals surface area contributed by atoms with E-state index in [1.165, 1.54) is 44.3 Å². The Morgan fingerprint density at radius 2 is 2.00 bits per heavy atom. The third kappa shape index (κ3) is 2.38. The summed E-state index contributed by atoms with van der Waals surface area (Å²) in [5.41, 5.74) is 9.22.